The number of rotatable bonds is 5. The van der Waals surface area contributed by atoms with Crippen LogP contribution < -0.4 is 9.47 Å². The average Bonchev–Trinajstić information content (AvgIpc) is 2.72. The Kier molecular flexibility index (Phi) is 5.21. The molecule has 0 unspecified atom stereocenters. The van der Waals surface area contributed by atoms with Gasteiger partial charge in [0.05, 0.1) is 0 Å². The van der Waals surface area contributed by atoms with E-state index in [1.54, 1.807) is 0 Å². The van der Waals surface area contributed by atoms with Crippen molar-refractivity contribution < 1.29 is 14.3 Å². The highest BCUT2D eigenvalue weighted by Gasteiger charge is 2.21. The summed E-state index contributed by atoms with van der Waals surface area (Å²) in [7, 11) is 0. The lowest BCUT2D eigenvalue weighted by atomic mass is 9.89. The van der Waals surface area contributed by atoms with Crippen molar-refractivity contribution in [2.24, 2.45) is 0 Å². The SMILES string of the molecule is O=C(CCN1CCC(c2ccccc2)CC1)c1ccc2c(c1)OCCO2. The maximum atomic E-state index is 12.5. The number of ether oxygens (including phenoxy) is 2. The normalized spacial score (nSPS) is 17.8. The van der Waals surface area contributed by atoms with Crippen molar-refractivity contribution in [3.8, 4) is 11.5 Å². The number of hydrogen-bond acceptors (Lipinski definition) is 4. The highest BCUT2D eigenvalue weighted by molar-refractivity contribution is 5.96. The van der Waals surface area contributed by atoms with Crippen LogP contribution in [-0.4, -0.2) is 43.5 Å². The zero-order valence-electron chi connectivity index (χ0n) is 15.0. The summed E-state index contributed by atoms with van der Waals surface area (Å²) in [5.41, 5.74) is 2.16. The maximum Gasteiger partial charge on any atom is 0.164 e. The molecule has 26 heavy (non-hydrogen) atoms. The van der Waals surface area contributed by atoms with E-state index in [2.05, 4.69) is 35.2 Å². The van der Waals surface area contributed by atoms with Crippen molar-refractivity contribution in [2.45, 2.75) is 25.2 Å². The lowest BCUT2D eigenvalue weighted by Gasteiger charge is -2.32. The number of carbonyl (C=O) groups excluding carboxylic acids is 1. The second kappa shape index (κ2) is 7.92. The first-order chi connectivity index (χ1) is 12.8. The molecule has 0 bridgehead atoms. The van der Waals surface area contributed by atoms with Gasteiger partial charge in [0.25, 0.3) is 0 Å². The van der Waals surface area contributed by atoms with Crippen LogP contribution in [0.3, 0.4) is 0 Å². The Bertz CT molecular complexity index is 751. The van der Waals surface area contributed by atoms with Gasteiger partial charge in [-0.2, -0.15) is 0 Å². The molecule has 1 saturated heterocycles. The summed E-state index contributed by atoms with van der Waals surface area (Å²) in [6, 6.07) is 16.3. The second-order valence-corrected chi connectivity index (χ2v) is 7.06. The molecule has 0 aliphatic carbocycles. The quantitative estimate of drug-likeness (QED) is 0.766. The fourth-order valence-electron chi connectivity index (χ4n) is 3.84. The molecular weight excluding hydrogens is 326 g/mol. The molecule has 1 fully saturated rings. The third-order valence-electron chi connectivity index (χ3n) is 5.38. The molecule has 0 radical (unpaired) electrons. The minimum atomic E-state index is 0.173. The van der Waals surface area contributed by atoms with Gasteiger partial charge in [-0.15, -0.1) is 0 Å². The van der Waals surface area contributed by atoms with Crippen molar-refractivity contribution in [3.05, 3.63) is 59.7 Å². The zero-order chi connectivity index (χ0) is 17.8. The van der Waals surface area contributed by atoms with Gasteiger partial charge in [0.1, 0.15) is 13.2 Å². The molecule has 0 atom stereocenters. The molecule has 2 aromatic carbocycles. The van der Waals surface area contributed by atoms with Crippen LogP contribution in [0.2, 0.25) is 0 Å². The number of likely N-dealkylation sites (tertiary alicyclic amines) is 1. The van der Waals surface area contributed by atoms with Gasteiger partial charge in [0, 0.05) is 18.5 Å². The molecule has 0 saturated carbocycles. The first-order valence-electron chi connectivity index (χ1n) is 9.50. The lowest BCUT2D eigenvalue weighted by molar-refractivity contribution is 0.0955. The monoisotopic (exact) mass is 351 g/mol. The highest BCUT2D eigenvalue weighted by atomic mass is 16.6. The van der Waals surface area contributed by atoms with E-state index >= 15 is 0 Å². The van der Waals surface area contributed by atoms with E-state index in [-0.39, 0.29) is 5.78 Å². The van der Waals surface area contributed by atoms with E-state index in [9.17, 15) is 4.79 Å². The number of carbonyl (C=O) groups is 1. The maximum absolute atomic E-state index is 12.5. The molecule has 4 heteroatoms. The molecule has 2 aromatic rings. The van der Waals surface area contributed by atoms with Gasteiger partial charge in [-0.1, -0.05) is 30.3 Å². The standard InChI is InChI=1S/C22H25NO3/c24-20(19-6-7-21-22(16-19)26-15-14-25-21)10-13-23-11-8-18(9-12-23)17-4-2-1-3-5-17/h1-7,16,18H,8-15H2. The molecule has 4 rings (SSSR count). The van der Waals surface area contributed by atoms with Crippen molar-refractivity contribution in [2.75, 3.05) is 32.8 Å². The molecule has 136 valence electrons. The molecular formula is C22H25NO3. The zero-order valence-corrected chi connectivity index (χ0v) is 15.0. The Labute approximate surface area is 154 Å². The first kappa shape index (κ1) is 17.1. The number of hydrogen-bond donors (Lipinski definition) is 0. The largest absolute Gasteiger partial charge is 0.486 e. The predicted octanol–water partition coefficient (Wildman–Crippen LogP) is 3.91. The van der Waals surface area contributed by atoms with Gasteiger partial charge in [-0.3, -0.25) is 4.79 Å². The van der Waals surface area contributed by atoms with Gasteiger partial charge in [-0.25, -0.2) is 0 Å². The molecule has 4 nitrogen and oxygen atoms in total. The average molecular weight is 351 g/mol. The molecule has 0 amide bonds. The second-order valence-electron chi connectivity index (χ2n) is 7.06. The Morgan fingerprint density at radius 2 is 1.69 bits per heavy atom. The van der Waals surface area contributed by atoms with Gasteiger partial charge in [0.2, 0.25) is 0 Å². The first-order valence-corrected chi connectivity index (χ1v) is 9.50. The Morgan fingerprint density at radius 3 is 2.46 bits per heavy atom. The molecule has 2 aliphatic heterocycles. The Hall–Kier alpha value is -2.33. The number of Topliss-reactive ketones (excluding diaryl/α,β-unsaturated/α-hetero) is 1. The summed E-state index contributed by atoms with van der Waals surface area (Å²) in [5, 5.41) is 0. The number of ketones is 1. The third kappa shape index (κ3) is 3.91. The Balaban J connectivity index is 1.28. The van der Waals surface area contributed by atoms with Gasteiger partial charge in [0.15, 0.2) is 17.3 Å². The Morgan fingerprint density at radius 1 is 0.962 bits per heavy atom. The van der Waals surface area contributed by atoms with Crippen LogP contribution in [-0.2, 0) is 0 Å². The van der Waals surface area contributed by atoms with Crippen molar-refractivity contribution >= 4 is 5.78 Å². The molecule has 2 heterocycles. The van der Waals surface area contributed by atoms with Crippen LogP contribution >= 0.6 is 0 Å². The topological polar surface area (TPSA) is 38.8 Å². The molecule has 0 aromatic heterocycles. The van der Waals surface area contributed by atoms with Crippen LogP contribution in [0, 0.1) is 0 Å². The highest BCUT2D eigenvalue weighted by Crippen LogP contribution is 2.31. The van der Waals surface area contributed by atoms with Crippen LogP contribution in [0.4, 0.5) is 0 Å². The number of piperidine rings is 1. The van der Waals surface area contributed by atoms with Crippen LogP contribution in [0.15, 0.2) is 48.5 Å². The summed E-state index contributed by atoms with van der Waals surface area (Å²) >= 11 is 0. The number of fused-ring (bicyclic) bond motifs is 1. The van der Waals surface area contributed by atoms with E-state index < -0.39 is 0 Å². The fourth-order valence-corrected chi connectivity index (χ4v) is 3.84. The number of benzene rings is 2. The van der Waals surface area contributed by atoms with Gasteiger partial charge in [-0.05, 0) is 55.6 Å². The smallest absolute Gasteiger partial charge is 0.164 e. The van der Waals surface area contributed by atoms with Gasteiger partial charge < -0.3 is 14.4 Å². The fraction of sp³-hybridized carbons (Fsp3) is 0.409. The van der Waals surface area contributed by atoms with E-state index in [0.29, 0.717) is 36.9 Å². The van der Waals surface area contributed by atoms with Crippen molar-refractivity contribution in [1.29, 1.82) is 0 Å². The van der Waals surface area contributed by atoms with Crippen LogP contribution in [0.1, 0.15) is 41.1 Å². The molecule has 0 N–H and O–H groups in total. The van der Waals surface area contributed by atoms with Crippen molar-refractivity contribution in [3.63, 3.8) is 0 Å². The van der Waals surface area contributed by atoms with Crippen LogP contribution in [0.5, 0.6) is 11.5 Å². The summed E-state index contributed by atoms with van der Waals surface area (Å²) < 4.78 is 11.1. The van der Waals surface area contributed by atoms with Crippen molar-refractivity contribution in [1.82, 2.24) is 4.90 Å². The van der Waals surface area contributed by atoms with E-state index in [1.165, 1.54) is 18.4 Å². The molecule has 2 aliphatic rings. The summed E-state index contributed by atoms with van der Waals surface area (Å²) in [5.74, 6) is 2.25. The van der Waals surface area contributed by atoms with E-state index in [1.807, 2.05) is 18.2 Å². The molecule has 0 spiro atoms. The summed E-state index contributed by atoms with van der Waals surface area (Å²) in [4.78, 5) is 14.9. The lowest BCUT2D eigenvalue weighted by Crippen LogP contribution is -2.34. The number of nitrogens with zero attached hydrogens (tertiary/aromatic N) is 1. The third-order valence-corrected chi connectivity index (χ3v) is 5.38. The van der Waals surface area contributed by atoms with Crippen LogP contribution in [0.25, 0.3) is 0 Å². The minimum absolute atomic E-state index is 0.173. The summed E-state index contributed by atoms with van der Waals surface area (Å²) in [6.45, 7) is 4.07. The minimum Gasteiger partial charge on any atom is -0.486 e. The summed E-state index contributed by atoms with van der Waals surface area (Å²) in [6.07, 6.45) is 2.89. The van der Waals surface area contributed by atoms with E-state index in [0.717, 1.165) is 25.4 Å². The van der Waals surface area contributed by atoms with E-state index in [4.69, 9.17) is 9.47 Å². The predicted molar refractivity (Wildman–Crippen MR) is 101 cm³/mol. The van der Waals surface area contributed by atoms with Gasteiger partial charge >= 0.3 is 0 Å².